The molecule has 1 aromatic carbocycles. The Morgan fingerprint density at radius 1 is 0.794 bits per heavy atom. The fourth-order valence-corrected chi connectivity index (χ4v) is 5.31. The average Bonchev–Trinajstić information content (AvgIpc) is 3.31. The van der Waals surface area contributed by atoms with Crippen LogP contribution in [-0.4, -0.2) is 31.0 Å². The Labute approximate surface area is 202 Å². The summed E-state index contributed by atoms with van der Waals surface area (Å²) >= 11 is 0. The van der Waals surface area contributed by atoms with E-state index in [1.54, 1.807) is 0 Å². The van der Waals surface area contributed by atoms with Crippen LogP contribution in [0.25, 0.3) is 0 Å². The first-order valence-electron chi connectivity index (χ1n) is 12.3. The monoisotopic (exact) mass is 451 g/mol. The summed E-state index contributed by atoms with van der Waals surface area (Å²) in [4.78, 5) is 17.0. The van der Waals surface area contributed by atoms with Gasteiger partial charge in [0.15, 0.2) is 0 Å². The molecule has 4 aromatic rings. The molecular formula is C29H33N5. The number of hydrogen-bond donors (Lipinski definition) is 0. The summed E-state index contributed by atoms with van der Waals surface area (Å²) in [5.41, 5.74) is 7.37. The molecule has 0 spiro atoms. The molecule has 1 aliphatic rings. The number of hydrogen-bond acceptors (Lipinski definition) is 4. The molecule has 2 atom stereocenters. The van der Waals surface area contributed by atoms with Crippen LogP contribution in [0.5, 0.6) is 0 Å². The topological polar surface area (TPSA) is 46.8 Å². The number of piperidine rings is 1. The van der Waals surface area contributed by atoms with Gasteiger partial charge in [-0.1, -0.05) is 42.5 Å². The van der Waals surface area contributed by atoms with Crippen LogP contribution < -0.4 is 0 Å². The summed E-state index contributed by atoms with van der Waals surface area (Å²) in [5, 5.41) is 0. The molecule has 0 radical (unpaired) electrons. The maximum Gasteiger partial charge on any atom is 0.0952 e. The Morgan fingerprint density at radius 2 is 1.44 bits per heavy atom. The van der Waals surface area contributed by atoms with Crippen LogP contribution in [0.1, 0.15) is 65.1 Å². The maximum absolute atomic E-state index is 4.83. The lowest BCUT2D eigenvalue weighted by Crippen LogP contribution is -2.39. The highest BCUT2D eigenvalue weighted by Crippen LogP contribution is 2.42. The van der Waals surface area contributed by atoms with Crippen molar-refractivity contribution in [3.8, 4) is 0 Å². The largest absolute Gasteiger partial charge is 0.333 e. The fourth-order valence-electron chi connectivity index (χ4n) is 5.31. The van der Waals surface area contributed by atoms with Crippen LogP contribution >= 0.6 is 0 Å². The van der Waals surface area contributed by atoms with E-state index in [-0.39, 0.29) is 0 Å². The highest BCUT2D eigenvalue weighted by atomic mass is 15.2. The minimum atomic E-state index is 0.299. The van der Waals surface area contributed by atoms with Crippen molar-refractivity contribution in [3.63, 3.8) is 0 Å². The second kappa shape index (κ2) is 10.3. The normalized spacial score (nSPS) is 18.8. The van der Waals surface area contributed by atoms with E-state index in [0.717, 1.165) is 38.0 Å². The van der Waals surface area contributed by atoms with Gasteiger partial charge < -0.3 is 4.57 Å². The second-order valence-corrected chi connectivity index (χ2v) is 9.38. The van der Waals surface area contributed by atoms with E-state index in [1.807, 2.05) is 30.9 Å². The molecule has 4 heterocycles. The summed E-state index contributed by atoms with van der Waals surface area (Å²) in [6.07, 6.45) is 12.4. The second-order valence-electron chi connectivity index (χ2n) is 9.38. The Hall–Kier alpha value is -3.31. The van der Waals surface area contributed by atoms with E-state index >= 15 is 0 Å². The number of aryl methyl sites for hydroxylation is 2. The predicted molar refractivity (Wildman–Crippen MR) is 135 cm³/mol. The standard InChI is InChI=1S/C29H33N5/c1-22-9-7-16-30-28(22)26-13-6-14-27(29-23(2)10-8-17-31-29)34(26)18-15-25-20-33(21-32-25)19-24-11-4-3-5-12-24/h3-5,7-12,16-17,20-21,26-27H,6,13-15,18-19H2,1-2H3/t26-,27+. The van der Waals surface area contributed by atoms with E-state index in [9.17, 15) is 0 Å². The number of likely N-dealkylation sites (tertiary alicyclic amines) is 1. The van der Waals surface area contributed by atoms with Gasteiger partial charge in [0.2, 0.25) is 0 Å². The Morgan fingerprint density at radius 3 is 2.06 bits per heavy atom. The predicted octanol–water partition coefficient (Wildman–Crippen LogP) is 5.85. The van der Waals surface area contributed by atoms with Gasteiger partial charge >= 0.3 is 0 Å². The first kappa shape index (κ1) is 22.5. The van der Waals surface area contributed by atoms with E-state index in [0.29, 0.717) is 12.1 Å². The summed E-state index contributed by atoms with van der Waals surface area (Å²) in [6.45, 7) is 6.15. The molecule has 34 heavy (non-hydrogen) atoms. The van der Waals surface area contributed by atoms with Crippen LogP contribution in [0.15, 0.2) is 79.5 Å². The van der Waals surface area contributed by atoms with Gasteiger partial charge in [-0.3, -0.25) is 14.9 Å². The van der Waals surface area contributed by atoms with Crippen LogP contribution in [0.4, 0.5) is 0 Å². The SMILES string of the molecule is Cc1cccnc1[C@H]1CCC[C@@H](c2ncccc2C)N1CCc1cn(Cc2ccccc2)cn1. The molecule has 1 aliphatic heterocycles. The van der Waals surface area contributed by atoms with Crippen LogP contribution in [0.3, 0.4) is 0 Å². The number of imidazole rings is 1. The molecule has 0 saturated carbocycles. The summed E-state index contributed by atoms with van der Waals surface area (Å²) in [6, 6.07) is 19.6. The van der Waals surface area contributed by atoms with E-state index in [4.69, 9.17) is 15.0 Å². The number of rotatable bonds is 7. The maximum atomic E-state index is 4.83. The van der Waals surface area contributed by atoms with Crippen molar-refractivity contribution >= 4 is 0 Å². The Balaban J connectivity index is 1.39. The fraction of sp³-hybridized carbons (Fsp3) is 0.345. The lowest BCUT2D eigenvalue weighted by Gasteiger charge is -2.42. The molecule has 0 N–H and O–H groups in total. The molecule has 5 nitrogen and oxygen atoms in total. The molecule has 1 fully saturated rings. The molecule has 3 aromatic heterocycles. The van der Waals surface area contributed by atoms with E-state index < -0.39 is 0 Å². The quantitative estimate of drug-likeness (QED) is 0.354. The third-order valence-corrected chi connectivity index (χ3v) is 7.01. The van der Waals surface area contributed by atoms with Crippen molar-refractivity contribution in [1.29, 1.82) is 0 Å². The van der Waals surface area contributed by atoms with Gasteiger partial charge in [-0.25, -0.2) is 4.98 Å². The van der Waals surface area contributed by atoms with Crippen molar-refractivity contribution in [2.45, 2.75) is 58.2 Å². The van der Waals surface area contributed by atoms with Gasteiger partial charge in [0.25, 0.3) is 0 Å². The van der Waals surface area contributed by atoms with Crippen LogP contribution in [0.2, 0.25) is 0 Å². The molecule has 5 heteroatoms. The molecule has 0 amide bonds. The first-order chi connectivity index (χ1) is 16.7. The minimum Gasteiger partial charge on any atom is -0.333 e. The first-order valence-corrected chi connectivity index (χ1v) is 12.3. The van der Waals surface area contributed by atoms with Gasteiger partial charge in [-0.15, -0.1) is 0 Å². The smallest absolute Gasteiger partial charge is 0.0952 e. The molecule has 5 rings (SSSR count). The third-order valence-electron chi connectivity index (χ3n) is 7.01. The molecule has 0 aliphatic carbocycles. The summed E-state index contributed by atoms with van der Waals surface area (Å²) < 4.78 is 2.18. The number of benzene rings is 1. The van der Waals surface area contributed by atoms with E-state index in [1.165, 1.54) is 34.5 Å². The lowest BCUT2D eigenvalue weighted by molar-refractivity contribution is 0.0772. The molecule has 1 saturated heterocycles. The van der Waals surface area contributed by atoms with E-state index in [2.05, 4.69) is 72.0 Å². The number of nitrogens with zero attached hydrogens (tertiary/aromatic N) is 5. The van der Waals surface area contributed by atoms with Crippen molar-refractivity contribution < 1.29 is 0 Å². The zero-order valence-electron chi connectivity index (χ0n) is 20.1. The summed E-state index contributed by atoms with van der Waals surface area (Å²) in [7, 11) is 0. The zero-order valence-corrected chi connectivity index (χ0v) is 20.1. The molecule has 0 unspecified atom stereocenters. The third kappa shape index (κ3) is 4.95. The zero-order chi connectivity index (χ0) is 23.3. The Bertz CT molecular complexity index is 1160. The van der Waals surface area contributed by atoms with Gasteiger partial charge in [-0.2, -0.15) is 0 Å². The molecule has 174 valence electrons. The van der Waals surface area contributed by atoms with Gasteiger partial charge in [0.1, 0.15) is 0 Å². The molecular weight excluding hydrogens is 418 g/mol. The lowest BCUT2D eigenvalue weighted by atomic mass is 9.88. The minimum absolute atomic E-state index is 0.299. The average molecular weight is 452 g/mol. The van der Waals surface area contributed by atoms with Crippen LogP contribution in [-0.2, 0) is 13.0 Å². The van der Waals surface area contributed by atoms with Gasteiger partial charge in [0, 0.05) is 38.1 Å². The highest BCUT2D eigenvalue weighted by Gasteiger charge is 2.35. The van der Waals surface area contributed by atoms with Crippen molar-refractivity contribution in [2.75, 3.05) is 6.54 Å². The van der Waals surface area contributed by atoms with Gasteiger partial charge in [0.05, 0.1) is 35.5 Å². The highest BCUT2D eigenvalue weighted by molar-refractivity contribution is 5.26. The summed E-state index contributed by atoms with van der Waals surface area (Å²) in [5.74, 6) is 0. The number of pyridine rings is 2. The van der Waals surface area contributed by atoms with Crippen molar-refractivity contribution in [3.05, 3.63) is 113 Å². The van der Waals surface area contributed by atoms with Gasteiger partial charge in [-0.05, 0) is 61.9 Å². The van der Waals surface area contributed by atoms with Crippen LogP contribution in [0, 0.1) is 13.8 Å². The van der Waals surface area contributed by atoms with Crippen molar-refractivity contribution in [2.24, 2.45) is 0 Å². The Kier molecular flexibility index (Phi) is 6.82. The van der Waals surface area contributed by atoms with Crippen molar-refractivity contribution in [1.82, 2.24) is 24.4 Å². The molecule has 0 bridgehead atoms. The number of aromatic nitrogens is 4.